The highest BCUT2D eigenvalue weighted by molar-refractivity contribution is 6.05. The van der Waals surface area contributed by atoms with Crippen LogP contribution in [-0.4, -0.2) is 35.0 Å². The second kappa shape index (κ2) is 6.87. The zero-order valence-corrected chi connectivity index (χ0v) is 15.3. The Labute approximate surface area is 156 Å². The van der Waals surface area contributed by atoms with Gasteiger partial charge in [-0.25, -0.2) is 4.79 Å². The number of nitrogens with zero attached hydrogens (tertiary/aromatic N) is 2. The first-order chi connectivity index (χ1) is 13.0. The maximum atomic E-state index is 13.0. The summed E-state index contributed by atoms with van der Waals surface area (Å²) in [5.74, 6) is 0.930. The molecule has 0 saturated carbocycles. The van der Waals surface area contributed by atoms with Crippen LogP contribution < -0.4 is 10.4 Å². The van der Waals surface area contributed by atoms with Gasteiger partial charge >= 0.3 is 5.63 Å². The zero-order chi connectivity index (χ0) is 19.0. The molecular weight excluding hydrogens is 344 g/mol. The lowest BCUT2D eigenvalue weighted by atomic mass is 10.1. The van der Waals surface area contributed by atoms with Crippen molar-refractivity contribution in [1.82, 2.24) is 9.88 Å². The van der Waals surface area contributed by atoms with Crippen LogP contribution in [0, 0.1) is 13.8 Å². The molecule has 3 heterocycles. The Balaban J connectivity index is 1.53. The number of likely N-dealkylation sites (tertiary alicyclic amines) is 1. The van der Waals surface area contributed by atoms with Gasteiger partial charge in [0.15, 0.2) is 0 Å². The van der Waals surface area contributed by atoms with Gasteiger partial charge in [0.2, 0.25) is 0 Å². The molecule has 0 radical (unpaired) electrons. The molecule has 3 aromatic rings. The summed E-state index contributed by atoms with van der Waals surface area (Å²) in [6, 6.07) is 12.6. The zero-order valence-electron chi connectivity index (χ0n) is 15.3. The van der Waals surface area contributed by atoms with Crippen molar-refractivity contribution in [3.63, 3.8) is 0 Å². The molecule has 0 N–H and O–H groups in total. The Morgan fingerprint density at radius 2 is 2.07 bits per heavy atom. The number of carbonyl (C=O) groups is 1. The predicted molar refractivity (Wildman–Crippen MR) is 101 cm³/mol. The van der Waals surface area contributed by atoms with Gasteiger partial charge in [-0.15, -0.1) is 0 Å². The molecule has 1 unspecified atom stereocenters. The Bertz CT molecular complexity index is 1070. The number of carbonyl (C=O) groups excluding carboxylic acids is 1. The second-order valence-electron chi connectivity index (χ2n) is 6.83. The Morgan fingerprint density at radius 3 is 2.89 bits per heavy atom. The third-order valence-electron chi connectivity index (χ3n) is 4.69. The topological polar surface area (TPSA) is 72.6 Å². The van der Waals surface area contributed by atoms with Crippen LogP contribution in [0.2, 0.25) is 0 Å². The lowest BCUT2D eigenvalue weighted by Crippen LogP contribution is -2.31. The van der Waals surface area contributed by atoms with Gasteiger partial charge in [-0.05, 0) is 26.0 Å². The molecule has 1 atom stereocenters. The van der Waals surface area contributed by atoms with Crippen LogP contribution in [0.1, 0.15) is 28.2 Å². The molecule has 27 heavy (non-hydrogen) atoms. The minimum absolute atomic E-state index is 0.0476. The normalized spacial score (nSPS) is 16.7. The summed E-state index contributed by atoms with van der Waals surface area (Å²) in [6.45, 7) is 4.69. The van der Waals surface area contributed by atoms with E-state index < -0.39 is 5.63 Å². The van der Waals surface area contributed by atoms with E-state index in [1.54, 1.807) is 17.9 Å². The highest BCUT2D eigenvalue weighted by Crippen LogP contribution is 2.23. The van der Waals surface area contributed by atoms with E-state index in [2.05, 4.69) is 4.98 Å². The van der Waals surface area contributed by atoms with Crippen molar-refractivity contribution < 1.29 is 13.9 Å². The van der Waals surface area contributed by atoms with Crippen molar-refractivity contribution in [1.29, 1.82) is 0 Å². The molecule has 0 bridgehead atoms. The lowest BCUT2D eigenvalue weighted by molar-refractivity contribution is 0.0774. The summed E-state index contributed by atoms with van der Waals surface area (Å²) >= 11 is 0. The van der Waals surface area contributed by atoms with Crippen LogP contribution in [0.3, 0.4) is 0 Å². The fourth-order valence-corrected chi connectivity index (χ4v) is 3.43. The maximum absolute atomic E-state index is 13.0. The summed E-state index contributed by atoms with van der Waals surface area (Å²) in [6.07, 6.45) is 0.558. The van der Waals surface area contributed by atoms with Crippen LogP contribution in [0.15, 0.2) is 51.7 Å². The number of ether oxygens (including phenoxy) is 1. The largest absolute Gasteiger partial charge is 0.488 e. The van der Waals surface area contributed by atoms with Crippen molar-refractivity contribution >= 4 is 16.8 Å². The van der Waals surface area contributed by atoms with Gasteiger partial charge in [0.1, 0.15) is 17.6 Å². The monoisotopic (exact) mass is 364 g/mol. The predicted octanol–water partition coefficient (Wildman–Crippen LogP) is 3.10. The summed E-state index contributed by atoms with van der Waals surface area (Å²) in [4.78, 5) is 30.8. The first-order valence-corrected chi connectivity index (χ1v) is 8.94. The molecule has 6 nitrogen and oxygen atoms in total. The van der Waals surface area contributed by atoms with E-state index in [0.717, 1.165) is 16.6 Å². The highest BCUT2D eigenvalue weighted by atomic mass is 16.5. The van der Waals surface area contributed by atoms with E-state index in [1.165, 1.54) is 6.07 Å². The molecule has 1 aliphatic rings. The Kier molecular flexibility index (Phi) is 4.39. The van der Waals surface area contributed by atoms with Crippen LogP contribution in [0.5, 0.6) is 5.75 Å². The van der Waals surface area contributed by atoms with E-state index in [9.17, 15) is 9.59 Å². The van der Waals surface area contributed by atoms with E-state index in [-0.39, 0.29) is 12.0 Å². The second-order valence-corrected chi connectivity index (χ2v) is 6.83. The number of amides is 1. The lowest BCUT2D eigenvalue weighted by Gasteiger charge is -2.18. The first kappa shape index (κ1) is 17.3. The standard InChI is InChI=1S/C21H20N2O4/c1-13-6-7-15-4-3-5-18(20(15)22-13)21(25)23-9-8-16(12-23)27-17-10-14(2)26-19(24)11-17/h3-7,10-11,16H,8-9,12H2,1-2H3. The molecular formula is C21H20N2O4. The number of benzene rings is 1. The summed E-state index contributed by atoms with van der Waals surface area (Å²) in [5.41, 5.74) is 1.77. The van der Waals surface area contributed by atoms with Gasteiger partial charge in [-0.3, -0.25) is 9.78 Å². The molecule has 1 aliphatic heterocycles. The van der Waals surface area contributed by atoms with Gasteiger partial charge in [-0.1, -0.05) is 18.2 Å². The van der Waals surface area contributed by atoms with Gasteiger partial charge in [0, 0.05) is 30.1 Å². The van der Waals surface area contributed by atoms with Crippen LogP contribution in [0.25, 0.3) is 10.9 Å². The van der Waals surface area contributed by atoms with Gasteiger partial charge < -0.3 is 14.1 Å². The van der Waals surface area contributed by atoms with Crippen molar-refractivity contribution in [2.45, 2.75) is 26.4 Å². The fraction of sp³-hybridized carbons (Fsp3) is 0.286. The van der Waals surface area contributed by atoms with E-state index in [1.807, 2.05) is 37.3 Å². The average Bonchev–Trinajstić information content (AvgIpc) is 3.08. The van der Waals surface area contributed by atoms with E-state index in [0.29, 0.717) is 36.6 Å². The fourth-order valence-electron chi connectivity index (χ4n) is 3.43. The number of rotatable bonds is 3. The third-order valence-corrected chi connectivity index (χ3v) is 4.69. The number of pyridine rings is 1. The molecule has 1 saturated heterocycles. The minimum Gasteiger partial charge on any atom is -0.488 e. The molecule has 6 heteroatoms. The van der Waals surface area contributed by atoms with Crippen molar-refractivity contribution in [3.05, 3.63) is 69.9 Å². The van der Waals surface area contributed by atoms with Crippen molar-refractivity contribution in [3.8, 4) is 5.75 Å². The number of fused-ring (bicyclic) bond motifs is 1. The third kappa shape index (κ3) is 3.56. The minimum atomic E-state index is -0.437. The van der Waals surface area contributed by atoms with E-state index >= 15 is 0 Å². The molecule has 1 fully saturated rings. The highest BCUT2D eigenvalue weighted by Gasteiger charge is 2.29. The first-order valence-electron chi connectivity index (χ1n) is 8.94. The molecule has 1 aromatic carbocycles. The molecule has 0 spiro atoms. The number of hydrogen-bond donors (Lipinski definition) is 0. The quantitative estimate of drug-likeness (QED) is 0.714. The molecule has 4 rings (SSSR count). The Morgan fingerprint density at radius 1 is 1.22 bits per heavy atom. The molecule has 1 amide bonds. The Hall–Kier alpha value is -3.15. The number of hydrogen-bond acceptors (Lipinski definition) is 5. The molecule has 0 aliphatic carbocycles. The summed E-state index contributed by atoms with van der Waals surface area (Å²) in [7, 11) is 0. The maximum Gasteiger partial charge on any atom is 0.339 e. The van der Waals surface area contributed by atoms with Crippen molar-refractivity contribution in [2.75, 3.05) is 13.1 Å². The van der Waals surface area contributed by atoms with E-state index in [4.69, 9.17) is 9.15 Å². The number of para-hydroxylation sites is 1. The van der Waals surface area contributed by atoms with Gasteiger partial charge in [-0.2, -0.15) is 0 Å². The number of aromatic nitrogens is 1. The van der Waals surface area contributed by atoms with Gasteiger partial charge in [0.05, 0.1) is 23.7 Å². The molecule has 138 valence electrons. The van der Waals surface area contributed by atoms with Crippen molar-refractivity contribution in [2.24, 2.45) is 0 Å². The average molecular weight is 364 g/mol. The smallest absolute Gasteiger partial charge is 0.339 e. The van der Waals surface area contributed by atoms with Crippen LogP contribution in [0.4, 0.5) is 0 Å². The molecule has 2 aromatic heterocycles. The summed E-state index contributed by atoms with van der Waals surface area (Å²) in [5, 5.41) is 0.949. The van der Waals surface area contributed by atoms with Crippen LogP contribution >= 0.6 is 0 Å². The summed E-state index contributed by atoms with van der Waals surface area (Å²) < 4.78 is 10.8. The van der Waals surface area contributed by atoms with Crippen LogP contribution in [-0.2, 0) is 0 Å². The number of aryl methyl sites for hydroxylation is 2. The SMILES string of the molecule is Cc1ccc2cccc(C(=O)N3CCC(Oc4cc(C)oc(=O)c4)C3)c2n1. The van der Waals surface area contributed by atoms with Gasteiger partial charge in [0.25, 0.3) is 5.91 Å².